The van der Waals surface area contributed by atoms with E-state index in [1.807, 2.05) is 0 Å². The second kappa shape index (κ2) is 8.35. The molecular formula is C17H34N2O. The Morgan fingerprint density at radius 3 is 2.50 bits per heavy atom. The lowest BCUT2D eigenvalue weighted by Crippen LogP contribution is -2.55. The molecule has 1 saturated heterocycles. The van der Waals surface area contributed by atoms with E-state index in [-0.39, 0.29) is 0 Å². The van der Waals surface area contributed by atoms with E-state index in [4.69, 9.17) is 4.74 Å². The second-order valence-electron chi connectivity index (χ2n) is 6.57. The number of hydrogen-bond acceptors (Lipinski definition) is 3. The molecule has 0 aromatic carbocycles. The standard InChI is InChI=1S/C17H34N2O/c1-4-14-7-9-15(10-8-14)17(18-5-2)16-13-19(6-3)11-12-20-16/h14-18H,4-13H2,1-3H3. The molecule has 0 aromatic heterocycles. The van der Waals surface area contributed by atoms with Gasteiger partial charge in [0.15, 0.2) is 0 Å². The van der Waals surface area contributed by atoms with Gasteiger partial charge in [-0.3, -0.25) is 4.90 Å². The minimum absolute atomic E-state index is 0.395. The average Bonchev–Trinajstić information content (AvgIpc) is 2.53. The van der Waals surface area contributed by atoms with Crippen molar-refractivity contribution in [2.45, 2.75) is 65.0 Å². The van der Waals surface area contributed by atoms with E-state index in [1.54, 1.807) is 0 Å². The van der Waals surface area contributed by atoms with E-state index in [1.165, 1.54) is 32.1 Å². The summed E-state index contributed by atoms with van der Waals surface area (Å²) in [5.74, 6) is 1.80. The Morgan fingerprint density at radius 1 is 1.15 bits per heavy atom. The summed E-state index contributed by atoms with van der Waals surface area (Å²) < 4.78 is 6.13. The van der Waals surface area contributed by atoms with Crippen LogP contribution in [0.4, 0.5) is 0 Å². The Hall–Kier alpha value is -0.120. The molecule has 0 aromatic rings. The van der Waals surface area contributed by atoms with Crippen molar-refractivity contribution in [2.75, 3.05) is 32.8 Å². The quantitative estimate of drug-likeness (QED) is 0.811. The van der Waals surface area contributed by atoms with Crippen LogP contribution in [0.25, 0.3) is 0 Å². The summed E-state index contributed by atoms with van der Waals surface area (Å²) in [4.78, 5) is 2.54. The van der Waals surface area contributed by atoms with Crippen molar-refractivity contribution >= 4 is 0 Å². The highest BCUT2D eigenvalue weighted by atomic mass is 16.5. The van der Waals surface area contributed by atoms with Gasteiger partial charge in [-0.25, -0.2) is 0 Å². The molecule has 0 amide bonds. The van der Waals surface area contributed by atoms with Gasteiger partial charge in [0.05, 0.1) is 12.7 Å². The molecule has 2 fully saturated rings. The van der Waals surface area contributed by atoms with E-state index < -0.39 is 0 Å². The third-order valence-electron chi connectivity index (χ3n) is 5.44. The normalized spacial score (nSPS) is 34.0. The van der Waals surface area contributed by atoms with Crippen LogP contribution in [0.3, 0.4) is 0 Å². The molecule has 3 heteroatoms. The third-order valence-corrected chi connectivity index (χ3v) is 5.44. The first kappa shape index (κ1) is 16.3. The van der Waals surface area contributed by atoms with Crippen molar-refractivity contribution in [3.63, 3.8) is 0 Å². The molecule has 2 rings (SSSR count). The van der Waals surface area contributed by atoms with Crippen molar-refractivity contribution in [3.8, 4) is 0 Å². The van der Waals surface area contributed by atoms with E-state index in [0.29, 0.717) is 12.1 Å². The predicted molar refractivity (Wildman–Crippen MR) is 85.1 cm³/mol. The minimum atomic E-state index is 0.395. The van der Waals surface area contributed by atoms with E-state index in [2.05, 4.69) is 31.0 Å². The number of morpholine rings is 1. The summed E-state index contributed by atoms with van der Waals surface area (Å²) in [6, 6.07) is 0.562. The number of ether oxygens (including phenoxy) is 1. The van der Waals surface area contributed by atoms with Crippen LogP contribution in [0.1, 0.15) is 52.9 Å². The Labute approximate surface area is 125 Å². The van der Waals surface area contributed by atoms with Gasteiger partial charge in [0.1, 0.15) is 0 Å². The number of likely N-dealkylation sites (N-methyl/N-ethyl adjacent to an activating group) is 2. The summed E-state index contributed by atoms with van der Waals surface area (Å²) in [6.07, 6.45) is 7.39. The first-order chi connectivity index (χ1) is 9.78. The van der Waals surface area contributed by atoms with Crippen LogP contribution in [0.5, 0.6) is 0 Å². The van der Waals surface area contributed by atoms with E-state index in [9.17, 15) is 0 Å². The molecule has 1 aliphatic carbocycles. The molecular weight excluding hydrogens is 248 g/mol. The Bertz CT molecular complexity index is 264. The first-order valence-electron chi connectivity index (χ1n) is 8.85. The number of nitrogens with zero attached hydrogens (tertiary/aromatic N) is 1. The van der Waals surface area contributed by atoms with Gasteiger partial charge in [0.2, 0.25) is 0 Å². The molecule has 1 saturated carbocycles. The molecule has 2 aliphatic rings. The van der Waals surface area contributed by atoms with E-state index in [0.717, 1.165) is 44.6 Å². The first-order valence-corrected chi connectivity index (χ1v) is 8.85. The zero-order valence-electron chi connectivity index (χ0n) is 13.7. The molecule has 2 atom stereocenters. The molecule has 20 heavy (non-hydrogen) atoms. The molecule has 118 valence electrons. The van der Waals surface area contributed by atoms with Crippen LogP contribution in [0, 0.1) is 11.8 Å². The number of rotatable bonds is 6. The van der Waals surface area contributed by atoms with Gasteiger partial charge >= 0.3 is 0 Å². The third kappa shape index (κ3) is 4.19. The maximum absolute atomic E-state index is 6.13. The zero-order valence-corrected chi connectivity index (χ0v) is 13.7. The fourth-order valence-corrected chi connectivity index (χ4v) is 4.03. The van der Waals surface area contributed by atoms with Gasteiger partial charge in [0, 0.05) is 19.1 Å². The van der Waals surface area contributed by atoms with Crippen LogP contribution in [-0.2, 0) is 4.74 Å². The lowest BCUT2D eigenvalue weighted by atomic mass is 9.76. The molecule has 2 unspecified atom stereocenters. The van der Waals surface area contributed by atoms with Crippen LogP contribution < -0.4 is 5.32 Å². The van der Waals surface area contributed by atoms with Gasteiger partial charge in [-0.1, -0.05) is 40.0 Å². The highest BCUT2D eigenvalue weighted by molar-refractivity contribution is 4.90. The zero-order chi connectivity index (χ0) is 14.4. The second-order valence-corrected chi connectivity index (χ2v) is 6.57. The molecule has 0 radical (unpaired) electrons. The molecule has 1 N–H and O–H groups in total. The fraction of sp³-hybridized carbons (Fsp3) is 1.00. The smallest absolute Gasteiger partial charge is 0.0857 e. The maximum Gasteiger partial charge on any atom is 0.0857 e. The highest BCUT2D eigenvalue weighted by Gasteiger charge is 2.34. The van der Waals surface area contributed by atoms with Crippen molar-refractivity contribution in [1.29, 1.82) is 0 Å². The van der Waals surface area contributed by atoms with Gasteiger partial charge in [-0.05, 0) is 37.8 Å². The van der Waals surface area contributed by atoms with Crippen molar-refractivity contribution in [1.82, 2.24) is 10.2 Å². The molecule has 0 bridgehead atoms. The summed E-state index contributed by atoms with van der Waals surface area (Å²) >= 11 is 0. The van der Waals surface area contributed by atoms with Crippen molar-refractivity contribution < 1.29 is 4.74 Å². The topological polar surface area (TPSA) is 24.5 Å². The molecule has 1 heterocycles. The van der Waals surface area contributed by atoms with Crippen LogP contribution in [0.15, 0.2) is 0 Å². The summed E-state index contributed by atoms with van der Waals surface area (Å²) in [6.45, 7) is 12.2. The van der Waals surface area contributed by atoms with Gasteiger partial charge < -0.3 is 10.1 Å². The van der Waals surface area contributed by atoms with Crippen LogP contribution in [0.2, 0.25) is 0 Å². The molecule has 3 nitrogen and oxygen atoms in total. The maximum atomic E-state index is 6.13. The Kier molecular flexibility index (Phi) is 6.79. The monoisotopic (exact) mass is 282 g/mol. The highest BCUT2D eigenvalue weighted by Crippen LogP contribution is 2.34. The number of nitrogens with one attached hydrogen (secondary N) is 1. The summed E-state index contributed by atoms with van der Waals surface area (Å²) in [5.41, 5.74) is 0. The lowest BCUT2D eigenvalue weighted by Gasteiger charge is -2.42. The van der Waals surface area contributed by atoms with Crippen LogP contribution >= 0.6 is 0 Å². The lowest BCUT2D eigenvalue weighted by molar-refractivity contribution is -0.0588. The Balaban J connectivity index is 1.92. The van der Waals surface area contributed by atoms with Gasteiger partial charge in [0.25, 0.3) is 0 Å². The fourth-order valence-electron chi connectivity index (χ4n) is 4.03. The number of hydrogen-bond donors (Lipinski definition) is 1. The SMILES string of the molecule is CCNC(C1CCC(CC)CC1)C1CN(CC)CCO1. The van der Waals surface area contributed by atoms with Gasteiger partial charge in [-0.15, -0.1) is 0 Å². The molecule has 1 aliphatic heterocycles. The van der Waals surface area contributed by atoms with Crippen molar-refractivity contribution in [2.24, 2.45) is 11.8 Å². The van der Waals surface area contributed by atoms with E-state index >= 15 is 0 Å². The molecule has 0 spiro atoms. The van der Waals surface area contributed by atoms with Crippen LogP contribution in [-0.4, -0.2) is 49.8 Å². The largest absolute Gasteiger partial charge is 0.374 e. The summed E-state index contributed by atoms with van der Waals surface area (Å²) in [7, 11) is 0. The summed E-state index contributed by atoms with van der Waals surface area (Å²) in [5, 5.41) is 3.75. The predicted octanol–water partition coefficient (Wildman–Crippen LogP) is 2.90. The average molecular weight is 282 g/mol. The van der Waals surface area contributed by atoms with Crippen molar-refractivity contribution in [3.05, 3.63) is 0 Å². The Morgan fingerprint density at radius 2 is 1.90 bits per heavy atom. The van der Waals surface area contributed by atoms with Gasteiger partial charge in [-0.2, -0.15) is 0 Å². The minimum Gasteiger partial charge on any atom is -0.374 e.